The number of methoxy groups -OCH3 is 1. The lowest BCUT2D eigenvalue weighted by Gasteiger charge is -2.30. The van der Waals surface area contributed by atoms with Crippen LogP contribution >= 0.6 is 0 Å². The molecule has 0 amide bonds. The van der Waals surface area contributed by atoms with Gasteiger partial charge in [-0.1, -0.05) is 0 Å². The predicted octanol–water partition coefficient (Wildman–Crippen LogP) is 1.21. The molecule has 0 spiro atoms. The first-order chi connectivity index (χ1) is 7.72. The van der Waals surface area contributed by atoms with Crippen molar-refractivity contribution < 1.29 is 4.74 Å². The topological polar surface area (TPSA) is 50.9 Å². The van der Waals surface area contributed by atoms with Gasteiger partial charge in [0, 0.05) is 19.7 Å². The zero-order chi connectivity index (χ0) is 11.5. The second kappa shape index (κ2) is 5.04. The number of nitrogens with zero attached hydrogens (tertiary/aromatic N) is 2. The molecule has 4 nitrogen and oxygen atoms in total. The van der Waals surface area contributed by atoms with E-state index in [1.54, 1.807) is 7.11 Å². The Morgan fingerprint density at radius 1 is 1.44 bits per heavy atom. The van der Waals surface area contributed by atoms with Gasteiger partial charge in [0.1, 0.15) is 0 Å². The van der Waals surface area contributed by atoms with Crippen molar-refractivity contribution in [3.8, 4) is 0 Å². The Balaban J connectivity index is 1.93. The van der Waals surface area contributed by atoms with E-state index in [9.17, 15) is 0 Å². The summed E-state index contributed by atoms with van der Waals surface area (Å²) < 4.78 is 5.14. The molecule has 2 aliphatic rings. The summed E-state index contributed by atoms with van der Waals surface area (Å²) in [6.07, 6.45) is 5.08. The molecule has 0 aliphatic heterocycles. The molecule has 0 heterocycles. The summed E-state index contributed by atoms with van der Waals surface area (Å²) in [6, 6.07) is 1.01. The highest BCUT2D eigenvalue weighted by molar-refractivity contribution is 5.78. The molecule has 2 rings (SSSR count). The minimum absolute atomic E-state index is 0.497. The third-order valence-electron chi connectivity index (χ3n) is 3.49. The van der Waals surface area contributed by atoms with Crippen molar-refractivity contribution >= 4 is 5.96 Å². The third kappa shape index (κ3) is 3.11. The van der Waals surface area contributed by atoms with Crippen molar-refractivity contribution in [1.82, 2.24) is 4.90 Å². The number of guanidine groups is 1. The minimum atomic E-state index is 0.497. The van der Waals surface area contributed by atoms with Gasteiger partial charge in [0.15, 0.2) is 5.96 Å². The van der Waals surface area contributed by atoms with Gasteiger partial charge in [0.05, 0.1) is 12.6 Å². The highest BCUT2D eigenvalue weighted by Gasteiger charge is 2.33. The third-order valence-corrected chi connectivity index (χ3v) is 3.49. The van der Waals surface area contributed by atoms with Crippen LogP contribution in [0.25, 0.3) is 0 Å². The highest BCUT2D eigenvalue weighted by Crippen LogP contribution is 2.35. The summed E-state index contributed by atoms with van der Waals surface area (Å²) in [5.74, 6) is 1.53. The lowest BCUT2D eigenvalue weighted by atomic mass is 10.2. The van der Waals surface area contributed by atoms with Gasteiger partial charge < -0.3 is 15.4 Å². The summed E-state index contributed by atoms with van der Waals surface area (Å²) >= 11 is 0. The maximum Gasteiger partial charge on any atom is 0.191 e. The molecule has 0 aromatic rings. The van der Waals surface area contributed by atoms with Crippen LogP contribution < -0.4 is 5.73 Å². The summed E-state index contributed by atoms with van der Waals surface area (Å²) in [6.45, 7) is 3.83. The Morgan fingerprint density at radius 2 is 2.12 bits per heavy atom. The van der Waals surface area contributed by atoms with E-state index in [-0.39, 0.29) is 0 Å². The molecule has 1 unspecified atom stereocenters. The molecule has 1 atom stereocenters. The van der Waals surface area contributed by atoms with Gasteiger partial charge in [-0.2, -0.15) is 0 Å². The van der Waals surface area contributed by atoms with Crippen molar-refractivity contribution in [3.05, 3.63) is 0 Å². The SMILES string of the molecule is COCCN(C(N)=NC1CC1)C(C)C1CC1. The van der Waals surface area contributed by atoms with Gasteiger partial charge in [0.25, 0.3) is 0 Å². The second-order valence-electron chi connectivity index (χ2n) is 4.98. The van der Waals surface area contributed by atoms with Gasteiger partial charge in [-0.3, -0.25) is 0 Å². The number of rotatable bonds is 6. The molecule has 0 saturated heterocycles. The van der Waals surface area contributed by atoms with Crippen LogP contribution in [0.5, 0.6) is 0 Å². The molecule has 4 heteroatoms. The van der Waals surface area contributed by atoms with Crippen LogP contribution in [-0.4, -0.2) is 43.2 Å². The average molecular weight is 225 g/mol. The predicted molar refractivity (Wildman–Crippen MR) is 65.4 cm³/mol. The van der Waals surface area contributed by atoms with E-state index in [4.69, 9.17) is 10.5 Å². The molecule has 2 aliphatic carbocycles. The zero-order valence-electron chi connectivity index (χ0n) is 10.4. The normalized spacial score (nSPS) is 23.2. The average Bonchev–Trinajstić information content (AvgIpc) is 3.11. The maximum absolute atomic E-state index is 6.09. The van der Waals surface area contributed by atoms with Crippen LogP contribution in [0, 0.1) is 5.92 Å². The van der Waals surface area contributed by atoms with Crippen molar-refractivity contribution in [2.75, 3.05) is 20.3 Å². The molecule has 2 fully saturated rings. The number of aliphatic imine (C=N–C) groups is 1. The Kier molecular flexibility index (Phi) is 3.69. The number of hydrogen-bond acceptors (Lipinski definition) is 2. The molecule has 0 bridgehead atoms. The van der Waals surface area contributed by atoms with E-state index in [0.717, 1.165) is 25.0 Å². The van der Waals surface area contributed by atoms with Gasteiger partial charge in [-0.15, -0.1) is 0 Å². The monoisotopic (exact) mass is 225 g/mol. The Hall–Kier alpha value is -0.770. The molecule has 2 saturated carbocycles. The fourth-order valence-corrected chi connectivity index (χ4v) is 2.01. The fraction of sp³-hybridized carbons (Fsp3) is 0.917. The van der Waals surface area contributed by atoms with Gasteiger partial charge in [-0.05, 0) is 38.5 Å². The molecule has 16 heavy (non-hydrogen) atoms. The van der Waals surface area contributed by atoms with Crippen molar-refractivity contribution in [2.45, 2.75) is 44.7 Å². The summed E-state index contributed by atoms with van der Waals surface area (Å²) in [4.78, 5) is 6.76. The minimum Gasteiger partial charge on any atom is -0.383 e. The molecule has 0 radical (unpaired) electrons. The van der Waals surface area contributed by atoms with Crippen LogP contribution in [0.2, 0.25) is 0 Å². The summed E-state index contributed by atoms with van der Waals surface area (Å²) in [5.41, 5.74) is 6.09. The smallest absolute Gasteiger partial charge is 0.191 e. The molecule has 0 aromatic heterocycles. The van der Waals surface area contributed by atoms with E-state index in [1.807, 2.05) is 0 Å². The van der Waals surface area contributed by atoms with Gasteiger partial charge in [0.2, 0.25) is 0 Å². The second-order valence-corrected chi connectivity index (χ2v) is 4.98. The zero-order valence-corrected chi connectivity index (χ0v) is 10.4. The number of ether oxygens (including phenoxy) is 1. The quantitative estimate of drug-likeness (QED) is 0.546. The largest absolute Gasteiger partial charge is 0.383 e. The van der Waals surface area contributed by atoms with Crippen molar-refractivity contribution in [2.24, 2.45) is 16.6 Å². The summed E-state index contributed by atoms with van der Waals surface area (Å²) in [5, 5.41) is 0. The van der Waals surface area contributed by atoms with Crippen LogP contribution in [0.1, 0.15) is 32.6 Å². The molecule has 92 valence electrons. The van der Waals surface area contributed by atoms with E-state index in [0.29, 0.717) is 12.1 Å². The Labute approximate surface area is 97.9 Å². The molecular weight excluding hydrogens is 202 g/mol. The first kappa shape index (κ1) is 11.7. The standard InChI is InChI=1S/C12H23N3O/c1-9(10-3-4-10)15(7-8-16-2)12(13)14-11-5-6-11/h9-11H,3-8H2,1-2H3,(H2,13,14). The summed E-state index contributed by atoms with van der Waals surface area (Å²) in [7, 11) is 1.73. The van der Waals surface area contributed by atoms with Gasteiger partial charge >= 0.3 is 0 Å². The first-order valence-corrected chi connectivity index (χ1v) is 6.31. The van der Waals surface area contributed by atoms with Crippen LogP contribution in [0.4, 0.5) is 0 Å². The van der Waals surface area contributed by atoms with E-state index < -0.39 is 0 Å². The Morgan fingerprint density at radius 3 is 2.62 bits per heavy atom. The van der Waals surface area contributed by atoms with Crippen LogP contribution in [-0.2, 0) is 4.74 Å². The fourth-order valence-electron chi connectivity index (χ4n) is 2.01. The molecule has 2 N–H and O–H groups in total. The lowest BCUT2D eigenvalue weighted by Crippen LogP contribution is -2.46. The van der Waals surface area contributed by atoms with Crippen LogP contribution in [0.3, 0.4) is 0 Å². The van der Waals surface area contributed by atoms with E-state index in [1.165, 1.54) is 25.7 Å². The van der Waals surface area contributed by atoms with Crippen molar-refractivity contribution in [3.63, 3.8) is 0 Å². The maximum atomic E-state index is 6.09. The molecular formula is C12H23N3O. The highest BCUT2D eigenvalue weighted by atomic mass is 16.5. The Bertz CT molecular complexity index is 259. The molecule has 0 aromatic carbocycles. The lowest BCUT2D eigenvalue weighted by molar-refractivity contribution is 0.158. The first-order valence-electron chi connectivity index (χ1n) is 6.31. The number of hydrogen-bond donors (Lipinski definition) is 1. The van der Waals surface area contributed by atoms with Crippen molar-refractivity contribution in [1.29, 1.82) is 0 Å². The van der Waals surface area contributed by atoms with Gasteiger partial charge in [-0.25, -0.2) is 4.99 Å². The van der Waals surface area contributed by atoms with E-state index >= 15 is 0 Å². The van der Waals surface area contributed by atoms with Crippen LogP contribution in [0.15, 0.2) is 4.99 Å². The van der Waals surface area contributed by atoms with E-state index in [2.05, 4.69) is 16.8 Å². The number of nitrogens with two attached hydrogens (primary N) is 1.